The third-order valence-corrected chi connectivity index (χ3v) is 3.79. The lowest BCUT2D eigenvalue weighted by Gasteiger charge is -2.29. The molecule has 0 saturated heterocycles. The largest absolute Gasteiger partial charge is 0.486 e. The van der Waals surface area contributed by atoms with E-state index >= 15 is 0 Å². The summed E-state index contributed by atoms with van der Waals surface area (Å²) in [6.45, 7) is 12.5. The van der Waals surface area contributed by atoms with Gasteiger partial charge in [0.15, 0.2) is 0 Å². The van der Waals surface area contributed by atoms with Gasteiger partial charge in [0.1, 0.15) is 29.4 Å². The van der Waals surface area contributed by atoms with E-state index < -0.39 is 41.5 Å². The molecule has 0 amide bonds. The van der Waals surface area contributed by atoms with Gasteiger partial charge in [-0.3, -0.25) is 9.59 Å². The number of hydrogen-bond donors (Lipinski definition) is 0. The molecule has 0 saturated carbocycles. The number of hydrogen-bond acceptors (Lipinski definition) is 5. The van der Waals surface area contributed by atoms with E-state index in [0.717, 1.165) is 0 Å². The van der Waals surface area contributed by atoms with Crippen LogP contribution in [0.2, 0.25) is 0 Å². The molecule has 0 fully saturated rings. The van der Waals surface area contributed by atoms with Crippen LogP contribution in [0.1, 0.15) is 54.9 Å². The molecule has 0 aliphatic carbocycles. The SMILES string of the molecule is CC(C)[C@@H](Oc1cccc(F)c1)[C@H](C)OC(=O)[C@H](C)CC(=O)OC(C)(C)C. The van der Waals surface area contributed by atoms with Crippen molar-refractivity contribution >= 4 is 11.9 Å². The van der Waals surface area contributed by atoms with Crippen LogP contribution in [0.3, 0.4) is 0 Å². The van der Waals surface area contributed by atoms with E-state index in [-0.39, 0.29) is 12.3 Å². The maximum absolute atomic E-state index is 13.4. The first-order valence-electron chi connectivity index (χ1n) is 9.23. The second-order valence-corrected chi connectivity index (χ2v) is 8.12. The number of benzene rings is 1. The highest BCUT2D eigenvalue weighted by Gasteiger charge is 2.29. The number of rotatable bonds is 8. The zero-order chi connectivity index (χ0) is 20.8. The Morgan fingerprint density at radius 3 is 2.26 bits per heavy atom. The summed E-state index contributed by atoms with van der Waals surface area (Å²) in [4.78, 5) is 24.2. The first-order chi connectivity index (χ1) is 12.4. The first-order valence-corrected chi connectivity index (χ1v) is 9.23. The summed E-state index contributed by atoms with van der Waals surface area (Å²) in [6.07, 6.45) is -1.08. The average molecular weight is 382 g/mol. The standard InChI is InChI=1S/C21H31FO5/c1-13(2)19(26-17-10-8-9-16(22)12-17)15(4)25-20(24)14(3)11-18(23)27-21(5,6)7/h8-10,12-15,19H,11H2,1-7H3/t14-,15+,19-/m1/s1. The quantitative estimate of drug-likeness (QED) is 0.618. The summed E-state index contributed by atoms with van der Waals surface area (Å²) >= 11 is 0. The highest BCUT2D eigenvalue weighted by molar-refractivity contribution is 5.79. The van der Waals surface area contributed by atoms with Gasteiger partial charge in [-0.25, -0.2) is 4.39 Å². The second kappa shape index (κ2) is 9.72. The van der Waals surface area contributed by atoms with Gasteiger partial charge in [0, 0.05) is 6.07 Å². The molecule has 0 aromatic heterocycles. The molecule has 27 heavy (non-hydrogen) atoms. The molecule has 6 heteroatoms. The smallest absolute Gasteiger partial charge is 0.309 e. The Labute approximate surface area is 161 Å². The molecule has 0 aliphatic heterocycles. The summed E-state index contributed by atoms with van der Waals surface area (Å²) in [5.74, 6) is -1.58. The third-order valence-electron chi connectivity index (χ3n) is 3.79. The van der Waals surface area contributed by atoms with Crippen molar-refractivity contribution in [2.75, 3.05) is 0 Å². The van der Waals surface area contributed by atoms with Crippen LogP contribution >= 0.6 is 0 Å². The lowest BCUT2D eigenvalue weighted by atomic mass is 10.0. The summed E-state index contributed by atoms with van der Waals surface area (Å²) in [5.41, 5.74) is -0.602. The van der Waals surface area contributed by atoms with Gasteiger partial charge in [-0.1, -0.05) is 26.8 Å². The highest BCUT2D eigenvalue weighted by Crippen LogP contribution is 2.22. The van der Waals surface area contributed by atoms with Gasteiger partial charge in [-0.05, 0) is 45.7 Å². The number of esters is 2. The summed E-state index contributed by atoms with van der Waals surface area (Å²) < 4.78 is 29.9. The van der Waals surface area contributed by atoms with Gasteiger partial charge < -0.3 is 14.2 Å². The van der Waals surface area contributed by atoms with E-state index in [2.05, 4.69) is 0 Å². The fourth-order valence-electron chi connectivity index (χ4n) is 2.55. The summed E-state index contributed by atoms with van der Waals surface area (Å²) in [6, 6.07) is 5.83. The number of carbonyl (C=O) groups is 2. The third kappa shape index (κ3) is 8.41. The second-order valence-electron chi connectivity index (χ2n) is 8.12. The monoisotopic (exact) mass is 382 g/mol. The van der Waals surface area contributed by atoms with E-state index in [1.54, 1.807) is 46.8 Å². The molecule has 0 N–H and O–H groups in total. The van der Waals surface area contributed by atoms with E-state index in [1.807, 2.05) is 13.8 Å². The molecule has 0 radical (unpaired) electrons. The molecule has 1 aromatic carbocycles. The van der Waals surface area contributed by atoms with E-state index in [9.17, 15) is 14.0 Å². The lowest BCUT2D eigenvalue weighted by Crippen LogP contribution is -2.39. The molecule has 1 aromatic rings. The molecule has 0 heterocycles. The van der Waals surface area contributed by atoms with Gasteiger partial charge in [0.05, 0.1) is 12.3 Å². The van der Waals surface area contributed by atoms with Crippen LogP contribution in [0.4, 0.5) is 4.39 Å². The maximum Gasteiger partial charge on any atom is 0.309 e. The number of carbonyl (C=O) groups excluding carboxylic acids is 2. The zero-order valence-corrected chi connectivity index (χ0v) is 17.2. The number of ether oxygens (including phenoxy) is 3. The number of halogens is 1. The van der Waals surface area contributed by atoms with Crippen molar-refractivity contribution in [3.8, 4) is 5.75 Å². The molecule has 0 aliphatic rings. The average Bonchev–Trinajstić information content (AvgIpc) is 2.50. The Morgan fingerprint density at radius 2 is 1.74 bits per heavy atom. The molecule has 3 atom stereocenters. The molecular formula is C21H31FO5. The van der Waals surface area contributed by atoms with Crippen LogP contribution in [0.15, 0.2) is 24.3 Å². The van der Waals surface area contributed by atoms with Gasteiger partial charge in [0.25, 0.3) is 0 Å². The van der Waals surface area contributed by atoms with Crippen LogP contribution in [-0.4, -0.2) is 29.7 Å². The van der Waals surface area contributed by atoms with Crippen molar-refractivity contribution < 1.29 is 28.2 Å². The molecular weight excluding hydrogens is 351 g/mol. The van der Waals surface area contributed by atoms with E-state index in [4.69, 9.17) is 14.2 Å². The van der Waals surface area contributed by atoms with Crippen LogP contribution in [0.25, 0.3) is 0 Å². The van der Waals surface area contributed by atoms with Gasteiger partial charge in [0.2, 0.25) is 0 Å². The fraction of sp³-hybridized carbons (Fsp3) is 0.619. The molecule has 0 unspecified atom stereocenters. The van der Waals surface area contributed by atoms with Crippen molar-refractivity contribution in [3.05, 3.63) is 30.1 Å². The topological polar surface area (TPSA) is 61.8 Å². The van der Waals surface area contributed by atoms with E-state index in [1.165, 1.54) is 12.1 Å². The van der Waals surface area contributed by atoms with E-state index in [0.29, 0.717) is 5.75 Å². The predicted molar refractivity (Wildman–Crippen MR) is 101 cm³/mol. The minimum absolute atomic E-state index is 0.0252. The molecule has 1 rings (SSSR count). The Kier molecular flexibility index (Phi) is 8.25. The molecule has 152 valence electrons. The minimum Gasteiger partial charge on any atom is -0.486 e. The van der Waals surface area contributed by atoms with Crippen molar-refractivity contribution in [2.45, 2.75) is 72.7 Å². The lowest BCUT2D eigenvalue weighted by molar-refractivity contribution is -0.165. The summed E-state index contributed by atoms with van der Waals surface area (Å²) in [7, 11) is 0. The van der Waals surface area contributed by atoms with Crippen molar-refractivity contribution in [2.24, 2.45) is 11.8 Å². The Morgan fingerprint density at radius 1 is 1.11 bits per heavy atom. The van der Waals surface area contributed by atoms with Crippen molar-refractivity contribution in [1.29, 1.82) is 0 Å². The van der Waals surface area contributed by atoms with Gasteiger partial charge in [-0.15, -0.1) is 0 Å². The normalized spacial score (nSPS) is 15.0. The first kappa shape index (κ1) is 22.9. The summed E-state index contributed by atoms with van der Waals surface area (Å²) in [5, 5.41) is 0. The van der Waals surface area contributed by atoms with Crippen LogP contribution in [-0.2, 0) is 19.1 Å². The Balaban J connectivity index is 2.67. The zero-order valence-electron chi connectivity index (χ0n) is 17.2. The molecule has 0 spiro atoms. The minimum atomic E-state index is -0.635. The van der Waals surface area contributed by atoms with Gasteiger partial charge >= 0.3 is 11.9 Å². The Hall–Kier alpha value is -2.11. The molecule has 0 bridgehead atoms. The highest BCUT2D eigenvalue weighted by atomic mass is 19.1. The van der Waals surface area contributed by atoms with Crippen LogP contribution in [0, 0.1) is 17.7 Å². The van der Waals surface area contributed by atoms with Crippen molar-refractivity contribution in [3.63, 3.8) is 0 Å². The maximum atomic E-state index is 13.4. The van der Waals surface area contributed by atoms with Crippen LogP contribution in [0.5, 0.6) is 5.75 Å². The van der Waals surface area contributed by atoms with Crippen LogP contribution < -0.4 is 4.74 Å². The Bertz CT molecular complexity index is 636. The predicted octanol–water partition coefficient (Wildman–Crippen LogP) is 4.53. The molecule has 5 nitrogen and oxygen atoms in total. The fourth-order valence-corrected chi connectivity index (χ4v) is 2.55. The van der Waals surface area contributed by atoms with Crippen molar-refractivity contribution in [1.82, 2.24) is 0 Å². The van der Waals surface area contributed by atoms with Gasteiger partial charge in [-0.2, -0.15) is 0 Å².